The van der Waals surface area contributed by atoms with Crippen molar-refractivity contribution < 1.29 is 104 Å². The summed E-state index contributed by atoms with van der Waals surface area (Å²) in [7, 11) is 0. The van der Waals surface area contributed by atoms with Crippen molar-refractivity contribution in [2.45, 2.75) is 249 Å². The summed E-state index contributed by atoms with van der Waals surface area (Å²) in [4.78, 5) is 13.2. The highest BCUT2D eigenvalue weighted by Gasteiger charge is 2.70. The van der Waals surface area contributed by atoms with Crippen LogP contribution in [0.5, 0.6) is 0 Å². The first-order valence-electron chi connectivity index (χ1n) is 27.1. The van der Waals surface area contributed by atoms with Crippen LogP contribution in [0.25, 0.3) is 0 Å². The van der Waals surface area contributed by atoms with Crippen LogP contribution in [0.15, 0.2) is 11.6 Å². The molecule has 0 bridgehead atoms. The Labute approximate surface area is 433 Å². The van der Waals surface area contributed by atoms with E-state index in [9.17, 15) is 66.1 Å². The van der Waals surface area contributed by atoms with Crippen LogP contribution < -0.4 is 0 Å². The summed E-state index contributed by atoms with van der Waals surface area (Å²) in [6.45, 7) is 16.4. The highest BCUT2D eigenvalue weighted by molar-refractivity contribution is 5.76. The van der Waals surface area contributed by atoms with E-state index in [1.54, 1.807) is 0 Å². The molecule has 0 spiro atoms. The fourth-order valence-electron chi connectivity index (χ4n) is 16.1. The molecule has 0 unspecified atom stereocenters. The van der Waals surface area contributed by atoms with Crippen molar-refractivity contribution in [2.24, 2.45) is 50.2 Å². The van der Waals surface area contributed by atoms with Crippen molar-refractivity contribution in [1.29, 1.82) is 0 Å². The predicted octanol–water partition coefficient (Wildman–Crippen LogP) is 0.545. The molecule has 0 aromatic heterocycles. The Hall–Kier alpha value is -1.55. The van der Waals surface area contributed by atoms with Gasteiger partial charge in [0.15, 0.2) is 31.5 Å². The maximum Gasteiger partial charge on any atom is 0.310 e. The Morgan fingerprint density at radius 1 is 0.635 bits per heavy atom. The van der Waals surface area contributed by atoms with Gasteiger partial charge < -0.3 is 99.2 Å². The average molecular weight is 1060 g/mol. The maximum atomic E-state index is 13.2. The molecule has 74 heavy (non-hydrogen) atoms. The van der Waals surface area contributed by atoms with E-state index in [-0.39, 0.29) is 39.9 Å². The molecule has 4 saturated carbocycles. The number of hydrogen-bond acceptors (Lipinski definition) is 20. The summed E-state index contributed by atoms with van der Waals surface area (Å²) < 4.78 is 47.9. The van der Waals surface area contributed by atoms with Gasteiger partial charge in [0.25, 0.3) is 0 Å². The fourth-order valence-corrected chi connectivity index (χ4v) is 16.1. The first-order chi connectivity index (χ1) is 34.5. The zero-order chi connectivity index (χ0) is 54.0. The maximum absolute atomic E-state index is 13.2. The zero-order valence-electron chi connectivity index (χ0n) is 44.1. The minimum atomic E-state index is -1.96. The van der Waals surface area contributed by atoms with E-state index in [1.165, 1.54) is 12.5 Å². The lowest BCUT2D eigenvalue weighted by molar-refractivity contribution is -0.405. The molecule has 0 aromatic carbocycles. The van der Waals surface area contributed by atoms with E-state index < -0.39 is 153 Å². The second-order valence-corrected chi connectivity index (χ2v) is 25.9. The van der Waals surface area contributed by atoms with Gasteiger partial charge in [-0.25, -0.2) is 0 Å². The van der Waals surface area contributed by atoms with Gasteiger partial charge in [-0.05, 0) is 116 Å². The average Bonchev–Trinajstić information content (AvgIpc) is 3.33. The number of hydrogen-bond donors (Lipinski definition) is 12. The summed E-state index contributed by atoms with van der Waals surface area (Å²) in [5, 5.41) is 129. The van der Waals surface area contributed by atoms with Crippen molar-refractivity contribution in [2.75, 3.05) is 13.2 Å². The Morgan fingerprint density at radius 2 is 1.27 bits per heavy atom. The molecule has 8 fully saturated rings. The summed E-state index contributed by atoms with van der Waals surface area (Å²) in [5.74, 6) is -0.0990. The molecule has 0 radical (unpaired) electrons. The molecular weight excluding hydrogens is 973 g/mol. The van der Waals surface area contributed by atoms with E-state index >= 15 is 0 Å². The van der Waals surface area contributed by atoms with E-state index in [1.807, 2.05) is 0 Å². The van der Waals surface area contributed by atoms with Crippen LogP contribution in [-0.4, -0.2) is 203 Å². The molecule has 4 heterocycles. The van der Waals surface area contributed by atoms with Crippen molar-refractivity contribution in [3.63, 3.8) is 0 Å². The third-order valence-electron chi connectivity index (χ3n) is 21.0. The fraction of sp³-hybridized carbons (Fsp3) is 0.943. The Morgan fingerprint density at radius 3 is 1.95 bits per heavy atom. The molecule has 21 nitrogen and oxygen atoms in total. The van der Waals surface area contributed by atoms with Gasteiger partial charge in [-0.15, -0.1) is 0 Å². The summed E-state index contributed by atoms with van der Waals surface area (Å²) in [6, 6.07) is 0. The molecule has 9 rings (SSSR count). The highest BCUT2D eigenvalue weighted by atomic mass is 16.8. The predicted molar refractivity (Wildman–Crippen MR) is 256 cm³/mol. The quantitative estimate of drug-likeness (QED) is 0.0993. The number of carboxylic acids is 1. The summed E-state index contributed by atoms with van der Waals surface area (Å²) >= 11 is 0. The van der Waals surface area contributed by atoms with Gasteiger partial charge in [0.2, 0.25) is 0 Å². The largest absolute Gasteiger partial charge is 0.481 e. The van der Waals surface area contributed by atoms with Gasteiger partial charge in [-0.3, -0.25) is 4.79 Å². The van der Waals surface area contributed by atoms with Gasteiger partial charge in [-0.2, -0.15) is 0 Å². The van der Waals surface area contributed by atoms with E-state index in [4.69, 9.17) is 37.9 Å². The first-order valence-corrected chi connectivity index (χ1v) is 27.1. The SMILES string of the molecule is C[C@@H]1O[C@@H](O[C@@H]2C[C@H](O)[C@@H](O)[C@H](O[C@@H]3CC[C@]4(C)[C@H](CC[C@]5(C)[C@@H]4CC=C4[C@H]6CC(C)(C)CC[C@]6(C(=O)O)CC[C@@]45C)C3(C)C)O2)[C@H](O[C@@H]2O[C@H](CO[C@@H]3O[C@H](CO)[C@@H](O)[C@H](O)[C@H]3O)[C@@H](O)[C@H](O)[C@H]2O)[C@H](O)[C@H]1O. The monoisotopic (exact) mass is 1060 g/mol. The van der Waals surface area contributed by atoms with Crippen molar-refractivity contribution in [3.05, 3.63) is 11.6 Å². The molecule has 21 heteroatoms. The lowest BCUT2D eigenvalue weighted by Crippen LogP contribution is -2.66. The molecule has 12 N–H and O–H groups in total. The lowest BCUT2D eigenvalue weighted by atomic mass is 9.33. The number of aliphatic hydroxyl groups is 11. The minimum absolute atomic E-state index is 0.0129. The zero-order valence-corrected chi connectivity index (χ0v) is 44.1. The van der Waals surface area contributed by atoms with Crippen molar-refractivity contribution in [1.82, 2.24) is 0 Å². The van der Waals surface area contributed by atoms with Crippen LogP contribution in [0.2, 0.25) is 0 Å². The molecule has 9 aliphatic rings. The van der Waals surface area contributed by atoms with Crippen LogP contribution in [0.1, 0.15) is 126 Å². The Balaban J connectivity index is 0.877. The number of carboxylic acid groups (broad SMARTS) is 1. The van der Waals surface area contributed by atoms with Crippen LogP contribution in [-0.2, 0) is 42.7 Å². The van der Waals surface area contributed by atoms with Gasteiger partial charge in [0, 0.05) is 6.42 Å². The van der Waals surface area contributed by atoms with E-state index in [0.717, 1.165) is 44.9 Å². The molecule has 0 aromatic rings. The Bertz CT molecular complexity index is 2040. The topological polar surface area (TPSA) is 334 Å². The number of fused-ring (bicyclic) bond motifs is 7. The number of aliphatic hydroxyl groups excluding tert-OH is 11. The van der Waals surface area contributed by atoms with Gasteiger partial charge in [0.1, 0.15) is 73.2 Å². The molecular formula is C53H86O21. The van der Waals surface area contributed by atoms with Gasteiger partial charge >= 0.3 is 5.97 Å². The van der Waals surface area contributed by atoms with Crippen molar-refractivity contribution in [3.8, 4) is 0 Å². The van der Waals surface area contributed by atoms with Crippen LogP contribution in [0, 0.1) is 50.2 Å². The summed E-state index contributed by atoms with van der Waals surface area (Å²) in [5.41, 5.74) is -0.0158. The number of rotatable bonds is 11. The highest BCUT2D eigenvalue weighted by Crippen LogP contribution is 2.76. The van der Waals surface area contributed by atoms with Crippen molar-refractivity contribution >= 4 is 5.97 Å². The molecule has 4 saturated heterocycles. The Kier molecular flexibility index (Phi) is 15.8. The second kappa shape index (κ2) is 20.5. The van der Waals surface area contributed by atoms with Crippen LogP contribution in [0.3, 0.4) is 0 Å². The molecule has 5 aliphatic carbocycles. The number of aliphatic carboxylic acids is 1. The molecule has 27 atom stereocenters. The molecule has 4 aliphatic heterocycles. The van der Waals surface area contributed by atoms with E-state index in [2.05, 4.69) is 54.5 Å². The summed E-state index contributed by atoms with van der Waals surface area (Å²) in [6.07, 6.45) is -20.4. The van der Waals surface area contributed by atoms with Gasteiger partial charge in [0.05, 0.1) is 36.9 Å². The second-order valence-electron chi connectivity index (χ2n) is 25.9. The third kappa shape index (κ3) is 9.37. The smallest absolute Gasteiger partial charge is 0.310 e. The number of ether oxygens (including phenoxy) is 8. The molecule has 0 amide bonds. The third-order valence-corrected chi connectivity index (χ3v) is 21.0. The molecule has 424 valence electrons. The van der Waals surface area contributed by atoms with Gasteiger partial charge in [-0.1, -0.05) is 60.1 Å². The van der Waals surface area contributed by atoms with E-state index in [0.29, 0.717) is 25.2 Å². The minimum Gasteiger partial charge on any atom is -0.481 e. The standard InChI is InChI=1S/C53H86O21/c1-23-33(56)39(62)42(74-45-41(64)38(61)36(59)28(70-45)22-67-43-40(63)37(60)35(58)27(21-54)69-43)46(68-23)73-32-19-26(55)34(57)44(72-32)71-31-12-13-50(6)29(49(31,4)5)11-14-52(8)30(50)10-9-24-25-20-48(2,3)15-17-53(25,47(65)66)18-16-51(24,52)7/h9,23,25-46,54-64H,10-22H2,1-8H3,(H,65,66)/t23-,25+,26-,27+,28+,29+,30+,31+,32+,33-,34+,35+,36+,37-,38-,39+,40+,41+,42+,43+,44+,45-,46-,50+,51-,52+,53-/m0/s1. The first kappa shape index (κ1) is 57.1. The normalized spacial score (nSPS) is 54.1. The lowest BCUT2D eigenvalue weighted by Gasteiger charge is -2.71. The number of carbonyl (C=O) groups is 1. The van der Waals surface area contributed by atoms with Crippen LogP contribution in [0.4, 0.5) is 0 Å². The van der Waals surface area contributed by atoms with Crippen LogP contribution >= 0.6 is 0 Å². The number of allylic oxidation sites excluding steroid dienone is 2.